The highest BCUT2D eigenvalue weighted by Crippen LogP contribution is 2.38. The van der Waals surface area contributed by atoms with Gasteiger partial charge in [-0.1, -0.05) is 13.8 Å². The van der Waals surface area contributed by atoms with Gasteiger partial charge in [-0.25, -0.2) is 9.97 Å². The molecule has 2 aromatic rings. The fourth-order valence-electron chi connectivity index (χ4n) is 4.61. The van der Waals surface area contributed by atoms with Crippen LogP contribution in [0.4, 0.5) is 5.95 Å². The van der Waals surface area contributed by atoms with Gasteiger partial charge >= 0.3 is 0 Å². The van der Waals surface area contributed by atoms with Crippen LogP contribution in [-0.2, 0) is 6.54 Å². The molecule has 4 heterocycles. The quantitative estimate of drug-likeness (QED) is 0.792. The Bertz CT molecular complexity index is 783. The molecule has 1 unspecified atom stereocenters. The summed E-state index contributed by atoms with van der Waals surface area (Å²) >= 11 is 0. The Kier molecular flexibility index (Phi) is 5.92. The van der Waals surface area contributed by atoms with Gasteiger partial charge in [0.2, 0.25) is 5.95 Å². The van der Waals surface area contributed by atoms with Crippen molar-refractivity contribution in [3.8, 4) is 11.3 Å². The van der Waals surface area contributed by atoms with Crippen LogP contribution in [-0.4, -0.2) is 62.5 Å². The van der Waals surface area contributed by atoms with Gasteiger partial charge in [-0.3, -0.25) is 9.58 Å². The van der Waals surface area contributed by atoms with E-state index in [1.807, 2.05) is 23.1 Å². The molecule has 2 saturated heterocycles. The summed E-state index contributed by atoms with van der Waals surface area (Å²) < 4.78 is 1.98. The second kappa shape index (κ2) is 8.57. The van der Waals surface area contributed by atoms with Crippen LogP contribution in [0.1, 0.15) is 51.3 Å². The minimum Gasteiger partial charge on any atom is -0.394 e. The molecular formula is C21H32N6O. The maximum atomic E-state index is 9.56. The zero-order chi connectivity index (χ0) is 19.5. The Morgan fingerprint density at radius 2 is 2.00 bits per heavy atom. The first kappa shape index (κ1) is 19.3. The zero-order valence-electron chi connectivity index (χ0n) is 17.1. The third-order valence-corrected chi connectivity index (χ3v) is 5.78. The normalized spacial score (nSPS) is 20.6. The first-order chi connectivity index (χ1) is 13.7. The summed E-state index contributed by atoms with van der Waals surface area (Å²) in [6.45, 7) is 9.42. The predicted molar refractivity (Wildman–Crippen MR) is 110 cm³/mol. The Labute approximate surface area is 167 Å². The highest BCUT2D eigenvalue weighted by Gasteiger charge is 2.32. The molecule has 2 aliphatic heterocycles. The van der Waals surface area contributed by atoms with E-state index < -0.39 is 0 Å². The number of aliphatic hydroxyl groups excluding tert-OH is 1. The highest BCUT2D eigenvalue weighted by molar-refractivity contribution is 5.63. The van der Waals surface area contributed by atoms with Gasteiger partial charge in [0.25, 0.3) is 0 Å². The number of aromatic nitrogens is 4. The van der Waals surface area contributed by atoms with Gasteiger partial charge in [-0.15, -0.1) is 0 Å². The molecule has 0 saturated carbocycles. The SMILES string of the molecule is CC(C)CN1CCCC1c1c(-c2ccnc(N3CCCC3)n2)cnn1CCO. The second-order valence-electron chi connectivity index (χ2n) is 8.37. The molecule has 4 rings (SSSR count). The number of anilines is 1. The van der Waals surface area contributed by atoms with Gasteiger partial charge in [0.05, 0.1) is 36.8 Å². The largest absolute Gasteiger partial charge is 0.394 e. The number of rotatable bonds is 7. The maximum absolute atomic E-state index is 9.56. The summed E-state index contributed by atoms with van der Waals surface area (Å²) in [5.74, 6) is 1.44. The Morgan fingerprint density at radius 1 is 1.18 bits per heavy atom. The molecule has 0 aromatic carbocycles. The minimum absolute atomic E-state index is 0.0911. The monoisotopic (exact) mass is 384 g/mol. The van der Waals surface area contributed by atoms with E-state index in [9.17, 15) is 5.11 Å². The molecule has 2 aliphatic rings. The van der Waals surface area contributed by atoms with Crippen molar-refractivity contribution in [2.45, 2.75) is 52.1 Å². The van der Waals surface area contributed by atoms with E-state index in [4.69, 9.17) is 4.98 Å². The van der Waals surface area contributed by atoms with Crippen molar-refractivity contribution in [2.75, 3.05) is 37.7 Å². The van der Waals surface area contributed by atoms with E-state index in [-0.39, 0.29) is 6.61 Å². The van der Waals surface area contributed by atoms with E-state index in [0.717, 1.165) is 49.8 Å². The van der Waals surface area contributed by atoms with Crippen LogP contribution in [0, 0.1) is 5.92 Å². The lowest BCUT2D eigenvalue weighted by Crippen LogP contribution is -2.29. The summed E-state index contributed by atoms with van der Waals surface area (Å²) in [4.78, 5) is 14.2. The molecule has 28 heavy (non-hydrogen) atoms. The van der Waals surface area contributed by atoms with Gasteiger partial charge in [-0.2, -0.15) is 5.10 Å². The highest BCUT2D eigenvalue weighted by atomic mass is 16.3. The van der Waals surface area contributed by atoms with Crippen LogP contribution in [0.3, 0.4) is 0 Å². The van der Waals surface area contributed by atoms with Crippen molar-refractivity contribution in [2.24, 2.45) is 5.92 Å². The van der Waals surface area contributed by atoms with Gasteiger partial charge in [0.1, 0.15) is 0 Å². The third kappa shape index (κ3) is 3.91. The summed E-state index contributed by atoms with van der Waals surface area (Å²) in [6.07, 6.45) is 8.53. The summed E-state index contributed by atoms with van der Waals surface area (Å²) in [5.41, 5.74) is 3.21. The zero-order valence-corrected chi connectivity index (χ0v) is 17.1. The lowest BCUT2D eigenvalue weighted by atomic mass is 10.0. The minimum atomic E-state index is 0.0911. The fraction of sp³-hybridized carbons (Fsp3) is 0.667. The van der Waals surface area contributed by atoms with Crippen LogP contribution in [0.5, 0.6) is 0 Å². The summed E-state index contributed by atoms with van der Waals surface area (Å²) in [5, 5.41) is 14.2. The Balaban J connectivity index is 1.71. The number of hydrogen-bond donors (Lipinski definition) is 1. The van der Waals surface area contributed by atoms with Crippen molar-refractivity contribution in [3.05, 3.63) is 24.2 Å². The standard InChI is InChI=1S/C21H32N6O/c1-16(2)15-26-11-5-6-19(26)20-17(14-23-27(20)12-13-28)18-7-8-22-21(24-18)25-9-3-4-10-25/h7-8,14,16,19,28H,3-6,9-13,15H2,1-2H3. The molecule has 7 heteroatoms. The number of likely N-dealkylation sites (tertiary alicyclic amines) is 1. The molecule has 0 spiro atoms. The molecule has 7 nitrogen and oxygen atoms in total. The topological polar surface area (TPSA) is 70.3 Å². The van der Waals surface area contributed by atoms with E-state index >= 15 is 0 Å². The predicted octanol–water partition coefficient (Wildman–Crippen LogP) is 2.73. The number of hydrogen-bond acceptors (Lipinski definition) is 6. The average molecular weight is 385 g/mol. The molecule has 152 valence electrons. The smallest absolute Gasteiger partial charge is 0.225 e. The lowest BCUT2D eigenvalue weighted by Gasteiger charge is -2.27. The molecule has 0 bridgehead atoms. The molecule has 0 aliphatic carbocycles. The van der Waals surface area contributed by atoms with Crippen LogP contribution >= 0.6 is 0 Å². The number of aliphatic hydroxyl groups is 1. The third-order valence-electron chi connectivity index (χ3n) is 5.78. The van der Waals surface area contributed by atoms with Crippen LogP contribution < -0.4 is 4.90 Å². The van der Waals surface area contributed by atoms with Crippen molar-refractivity contribution < 1.29 is 5.11 Å². The Morgan fingerprint density at radius 3 is 2.75 bits per heavy atom. The lowest BCUT2D eigenvalue weighted by molar-refractivity contribution is 0.213. The molecule has 1 N–H and O–H groups in total. The number of nitrogens with zero attached hydrogens (tertiary/aromatic N) is 6. The van der Waals surface area contributed by atoms with Crippen molar-refractivity contribution in [1.29, 1.82) is 0 Å². The van der Waals surface area contributed by atoms with Crippen molar-refractivity contribution in [3.63, 3.8) is 0 Å². The van der Waals surface area contributed by atoms with Gasteiger partial charge < -0.3 is 10.0 Å². The van der Waals surface area contributed by atoms with Crippen LogP contribution in [0.15, 0.2) is 18.5 Å². The van der Waals surface area contributed by atoms with Crippen LogP contribution in [0.25, 0.3) is 11.3 Å². The van der Waals surface area contributed by atoms with Crippen molar-refractivity contribution >= 4 is 5.95 Å². The molecule has 1 atom stereocenters. The first-order valence-electron chi connectivity index (χ1n) is 10.7. The van der Waals surface area contributed by atoms with E-state index in [2.05, 4.69) is 33.7 Å². The van der Waals surface area contributed by atoms with Crippen molar-refractivity contribution in [1.82, 2.24) is 24.6 Å². The van der Waals surface area contributed by atoms with E-state index in [1.165, 1.54) is 25.0 Å². The van der Waals surface area contributed by atoms with E-state index in [0.29, 0.717) is 18.5 Å². The van der Waals surface area contributed by atoms with E-state index in [1.54, 1.807) is 0 Å². The molecule has 2 fully saturated rings. The molecule has 2 aromatic heterocycles. The maximum Gasteiger partial charge on any atom is 0.225 e. The summed E-state index contributed by atoms with van der Waals surface area (Å²) in [7, 11) is 0. The first-order valence-corrected chi connectivity index (χ1v) is 10.7. The van der Waals surface area contributed by atoms with Gasteiger partial charge in [0.15, 0.2) is 0 Å². The summed E-state index contributed by atoms with van der Waals surface area (Å²) in [6, 6.07) is 2.32. The van der Waals surface area contributed by atoms with Gasteiger partial charge in [0, 0.05) is 31.4 Å². The fourth-order valence-corrected chi connectivity index (χ4v) is 4.61. The molecule has 0 radical (unpaired) electrons. The average Bonchev–Trinajstić information content (AvgIpc) is 3.42. The van der Waals surface area contributed by atoms with Gasteiger partial charge in [-0.05, 0) is 44.2 Å². The van der Waals surface area contributed by atoms with Crippen LogP contribution in [0.2, 0.25) is 0 Å². The second-order valence-corrected chi connectivity index (χ2v) is 8.37. The molecular weight excluding hydrogens is 352 g/mol. The Hall–Kier alpha value is -1.99. The molecule has 0 amide bonds.